The highest BCUT2D eigenvalue weighted by Crippen LogP contribution is 2.11. The molecule has 1 aromatic rings. The highest BCUT2D eigenvalue weighted by molar-refractivity contribution is 5.92. The van der Waals surface area contributed by atoms with Crippen molar-refractivity contribution in [3.8, 4) is 0 Å². The van der Waals surface area contributed by atoms with Crippen LogP contribution < -0.4 is 10.6 Å². The number of urea groups is 1. The van der Waals surface area contributed by atoms with Crippen LogP contribution in [0.5, 0.6) is 0 Å². The number of rotatable bonds is 7. The lowest BCUT2D eigenvalue weighted by Gasteiger charge is -2.13. The number of benzene rings is 1. The summed E-state index contributed by atoms with van der Waals surface area (Å²) < 4.78 is 0. The van der Waals surface area contributed by atoms with Gasteiger partial charge in [0.2, 0.25) is 0 Å². The van der Waals surface area contributed by atoms with Gasteiger partial charge in [0.1, 0.15) is 6.04 Å². The zero-order valence-corrected chi connectivity index (χ0v) is 11.6. The highest BCUT2D eigenvalue weighted by atomic mass is 16.4. The number of aliphatic carboxylic acids is 1. The topological polar surface area (TPSA) is 78.4 Å². The highest BCUT2D eigenvalue weighted by Gasteiger charge is 2.17. The molecule has 0 bridgehead atoms. The predicted molar refractivity (Wildman–Crippen MR) is 78.8 cm³/mol. The van der Waals surface area contributed by atoms with Gasteiger partial charge in [-0.05, 0) is 30.5 Å². The lowest BCUT2D eigenvalue weighted by atomic mass is 10.1. The van der Waals surface area contributed by atoms with Gasteiger partial charge < -0.3 is 15.7 Å². The zero-order valence-electron chi connectivity index (χ0n) is 11.6. The van der Waals surface area contributed by atoms with Crippen molar-refractivity contribution in [3.05, 3.63) is 42.5 Å². The van der Waals surface area contributed by atoms with Crippen molar-refractivity contribution in [3.63, 3.8) is 0 Å². The molecule has 108 valence electrons. The second kappa shape index (κ2) is 7.99. The minimum Gasteiger partial charge on any atom is -0.480 e. The molecule has 0 spiro atoms. The molecule has 1 atom stereocenters. The summed E-state index contributed by atoms with van der Waals surface area (Å²) in [5.41, 5.74) is 1.83. The number of carbonyl (C=O) groups is 2. The van der Waals surface area contributed by atoms with Crippen molar-refractivity contribution in [2.24, 2.45) is 0 Å². The minimum atomic E-state index is -1.08. The number of aryl methyl sites for hydroxylation is 1. The quantitative estimate of drug-likeness (QED) is 0.670. The summed E-state index contributed by atoms with van der Waals surface area (Å²) in [4.78, 5) is 22.6. The van der Waals surface area contributed by atoms with Crippen LogP contribution in [0.4, 0.5) is 10.5 Å². The molecule has 5 nitrogen and oxygen atoms in total. The van der Waals surface area contributed by atoms with Crippen molar-refractivity contribution in [1.29, 1.82) is 0 Å². The molecule has 20 heavy (non-hydrogen) atoms. The van der Waals surface area contributed by atoms with E-state index in [1.807, 2.05) is 12.1 Å². The SMILES string of the molecule is C=CCC(NC(=O)Nc1ccc(CCC)cc1)C(=O)O. The molecule has 3 N–H and O–H groups in total. The number of hydrogen-bond acceptors (Lipinski definition) is 2. The summed E-state index contributed by atoms with van der Waals surface area (Å²) in [6.07, 6.45) is 3.69. The van der Waals surface area contributed by atoms with Gasteiger partial charge in [0.25, 0.3) is 0 Å². The molecule has 0 aliphatic heterocycles. The lowest BCUT2D eigenvalue weighted by molar-refractivity contribution is -0.139. The molecule has 1 aromatic carbocycles. The van der Waals surface area contributed by atoms with Crippen LogP contribution in [-0.4, -0.2) is 23.1 Å². The number of nitrogens with one attached hydrogen (secondary N) is 2. The fraction of sp³-hybridized carbons (Fsp3) is 0.333. The standard InChI is InChI=1S/C15H20N2O3/c1-3-5-11-7-9-12(10-8-11)16-15(20)17-13(6-4-2)14(18)19/h4,7-10,13H,2-3,5-6H2,1H3,(H,18,19)(H2,16,17,20). The van der Waals surface area contributed by atoms with Crippen molar-refractivity contribution in [2.75, 3.05) is 5.32 Å². The van der Waals surface area contributed by atoms with E-state index in [1.165, 1.54) is 11.6 Å². The molecule has 2 amide bonds. The number of amides is 2. The Balaban J connectivity index is 2.56. The van der Waals surface area contributed by atoms with Crippen LogP contribution in [0.2, 0.25) is 0 Å². The van der Waals surface area contributed by atoms with Crippen LogP contribution in [0.3, 0.4) is 0 Å². The maximum Gasteiger partial charge on any atom is 0.326 e. The maximum atomic E-state index is 11.7. The third kappa shape index (κ3) is 5.14. The molecule has 1 unspecified atom stereocenters. The van der Waals surface area contributed by atoms with Crippen LogP contribution in [0.15, 0.2) is 36.9 Å². The van der Waals surface area contributed by atoms with E-state index in [4.69, 9.17) is 5.11 Å². The summed E-state index contributed by atoms with van der Waals surface area (Å²) >= 11 is 0. The van der Waals surface area contributed by atoms with Gasteiger partial charge in [-0.15, -0.1) is 6.58 Å². The fourth-order valence-corrected chi connectivity index (χ4v) is 1.76. The summed E-state index contributed by atoms with van der Waals surface area (Å²) in [7, 11) is 0. The summed E-state index contributed by atoms with van der Waals surface area (Å²) in [5.74, 6) is -1.08. The van der Waals surface area contributed by atoms with E-state index in [9.17, 15) is 9.59 Å². The summed E-state index contributed by atoms with van der Waals surface area (Å²) in [6, 6.07) is 5.98. The molecule has 0 fully saturated rings. The molecule has 0 saturated carbocycles. The van der Waals surface area contributed by atoms with Gasteiger partial charge in [0, 0.05) is 5.69 Å². The Labute approximate surface area is 118 Å². The minimum absolute atomic E-state index is 0.179. The first-order valence-electron chi connectivity index (χ1n) is 6.57. The zero-order chi connectivity index (χ0) is 15.0. The van der Waals surface area contributed by atoms with Crippen LogP contribution in [0, 0.1) is 0 Å². The van der Waals surface area contributed by atoms with Crippen LogP contribution >= 0.6 is 0 Å². The van der Waals surface area contributed by atoms with E-state index < -0.39 is 18.0 Å². The van der Waals surface area contributed by atoms with Gasteiger partial charge in [-0.2, -0.15) is 0 Å². The molecule has 0 aliphatic rings. The summed E-state index contributed by atoms with van der Waals surface area (Å²) in [6.45, 7) is 5.57. The second-order valence-corrected chi connectivity index (χ2v) is 4.46. The molecule has 0 radical (unpaired) electrons. The first kappa shape index (κ1) is 15.8. The lowest BCUT2D eigenvalue weighted by Crippen LogP contribution is -2.42. The van der Waals surface area contributed by atoms with Gasteiger partial charge in [0.05, 0.1) is 0 Å². The normalized spacial score (nSPS) is 11.4. The predicted octanol–water partition coefficient (Wildman–Crippen LogP) is 2.79. The Hall–Kier alpha value is -2.30. The van der Waals surface area contributed by atoms with Gasteiger partial charge in [0.15, 0.2) is 0 Å². The molecular weight excluding hydrogens is 256 g/mol. The smallest absolute Gasteiger partial charge is 0.326 e. The van der Waals surface area contributed by atoms with E-state index in [1.54, 1.807) is 12.1 Å². The van der Waals surface area contributed by atoms with Gasteiger partial charge in [-0.25, -0.2) is 9.59 Å². The third-order valence-electron chi connectivity index (χ3n) is 2.76. The largest absolute Gasteiger partial charge is 0.480 e. The molecule has 0 heterocycles. The van der Waals surface area contributed by atoms with Crippen molar-refractivity contribution in [1.82, 2.24) is 5.32 Å². The van der Waals surface area contributed by atoms with Gasteiger partial charge in [-0.3, -0.25) is 0 Å². The number of carboxylic acids is 1. The van der Waals surface area contributed by atoms with Crippen LogP contribution in [0.25, 0.3) is 0 Å². The van der Waals surface area contributed by atoms with E-state index in [0.29, 0.717) is 5.69 Å². The molecule has 5 heteroatoms. The van der Waals surface area contributed by atoms with Crippen LogP contribution in [-0.2, 0) is 11.2 Å². The number of hydrogen-bond donors (Lipinski definition) is 3. The summed E-state index contributed by atoms with van der Waals surface area (Å²) in [5, 5.41) is 13.9. The Kier molecular flexibility index (Phi) is 6.29. The Morgan fingerprint density at radius 3 is 2.50 bits per heavy atom. The van der Waals surface area contributed by atoms with E-state index in [2.05, 4.69) is 24.1 Å². The van der Waals surface area contributed by atoms with E-state index in [0.717, 1.165) is 12.8 Å². The first-order valence-corrected chi connectivity index (χ1v) is 6.57. The average molecular weight is 276 g/mol. The number of anilines is 1. The molecule has 1 rings (SSSR count). The Morgan fingerprint density at radius 2 is 2.00 bits per heavy atom. The van der Waals surface area contributed by atoms with Crippen LogP contribution in [0.1, 0.15) is 25.3 Å². The van der Waals surface area contributed by atoms with E-state index in [-0.39, 0.29) is 6.42 Å². The monoisotopic (exact) mass is 276 g/mol. The van der Waals surface area contributed by atoms with Gasteiger partial charge in [-0.1, -0.05) is 31.6 Å². The fourth-order valence-electron chi connectivity index (χ4n) is 1.76. The Morgan fingerprint density at radius 1 is 1.35 bits per heavy atom. The molecule has 0 aliphatic carbocycles. The average Bonchev–Trinajstić information content (AvgIpc) is 2.40. The van der Waals surface area contributed by atoms with Crippen molar-refractivity contribution >= 4 is 17.7 Å². The second-order valence-electron chi connectivity index (χ2n) is 4.46. The van der Waals surface area contributed by atoms with Crippen molar-refractivity contribution in [2.45, 2.75) is 32.2 Å². The molecular formula is C15H20N2O3. The first-order chi connectivity index (χ1) is 9.56. The molecule has 0 aromatic heterocycles. The maximum absolute atomic E-state index is 11.7. The van der Waals surface area contributed by atoms with Gasteiger partial charge >= 0.3 is 12.0 Å². The number of carboxylic acid groups (broad SMARTS) is 1. The van der Waals surface area contributed by atoms with E-state index >= 15 is 0 Å². The van der Waals surface area contributed by atoms with Crippen molar-refractivity contribution < 1.29 is 14.7 Å². The number of carbonyl (C=O) groups excluding carboxylic acids is 1. The molecule has 0 saturated heterocycles. The Bertz CT molecular complexity index is 469. The third-order valence-corrected chi connectivity index (χ3v) is 2.76.